The van der Waals surface area contributed by atoms with Crippen molar-refractivity contribution < 1.29 is 23.5 Å². The summed E-state index contributed by atoms with van der Waals surface area (Å²) in [4.78, 5) is 45.1. The van der Waals surface area contributed by atoms with E-state index in [1.54, 1.807) is 61.8 Å². The van der Waals surface area contributed by atoms with Crippen LogP contribution in [0.2, 0.25) is 0 Å². The quantitative estimate of drug-likeness (QED) is 0.355. The molecule has 0 aliphatic heterocycles. The molecule has 2 aromatic carbocycles. The minimum absolute atomic E-state index is 0.00262. The Hall–Kier alpha value is -4.27. The zero-order valence-electron chi connectivity index (χ0n) is 21.9. The highest BCUT2D eigenvalue weighted by Crippen LogP contribution is 2.32. The van der Waals surface area contributed by atoms with Crippen LogP contribution in [0.5, 0.6) is 5.75 Å². The second kappa shape index (κ2) is 13.5. The summed E-state index contributed by atoms with van der Waals surface area (Å²) in [6.07, 6.45) is 5.55. The second-order valence-corrected chi connectivity index (χ2v) is 9.50. The largest absolute Gasteiger partial charge is 0.497 e. The minimum Gasteiger partial charge on any atom is -0.497 e. The number of benzene rings is 2. The topological polar surface area (TPSA) is 101 Å². The number of methoxy groups -OCH3 is 1. The molecule has 1 aliphatic carbocycles. The lowest BCUT2D eigenvalue weighted by molar-refractivity contribution is -0.127. The molecule has 2 N–H and O–H groups in total. The van der Waals surface area contributed by atoms with E-state index in [-0.39, 0.29) is 42.8 Å². The number of amides is 3. The highest BCUT2D eigenvalue weighted by Gasteiger charge is 2.35. The Morgan fingerprint density at radius 2 is 1.72 bits per heavy atom. The number of anilines is 2. The third kappa shape index (κ3) is 7.40. The van der Waals surface area contributed by atoms with Crippen LogP contribution in [0.25, 0.3) is 0 Å². The first-order valence-corrected chi connectivity index (χ1v) is 13.2. The summed E-state index contributed by atoms with van der Waals surface area (Å²) in [5, 5.41) is 5.77. The number of nitrogens with one attached hydrogen (secondary N) is 2. The number of carbonyl (C=O) groups excluding carboxylic acids is 3. The van der Waals surface area contributed by atoms with E-state index in [0.717, 1.165) is 25.7 Å². The zero-order valence-corrected chi connectivity index (χ0v) is 21.9. The molecule has 0 saturated heterocycles. The van der Waals surface area contributed by atoms with E-state index in [1.807, 2.05) is 0 Å². The van der Waals surface area contributed by atoms with Crippen LogP contribution in [-0.4, -0.2) is 35.9 Å². The molecule has 0 bridgehead atoms. The first-order valence-electron chi connectivity index (χ1n) is 13.2. The smallest absolute Gasteiger partial charge is 0.248 e. The number of ether oxygens (including phenoxy) is 1. The molecule has 9 heteroatoms. The maximum atomic E-state index is 15.1. The Balaban J connectivity index is 1.59. The molecular weight excluding hydrogens is 499 g/mol. The van der Waals surface area contributed by atoms with Crippen molar-refractivity contribution in [2.75, 3.05) is 17.3 Å². The van der Waals surface area contributed by atoms with Gasteiger partial charge < -0.3 is 15.4 Å². The molecule has 1 atom stereocenters. The Morgan fingerprint density at radius 1 is 1.00 bits per heavy atom. The van der Waals surface area contributed by atoms with Gasteiger partial charge in [0.25, 0.3) is 0 Å². The number of halogens is 1. The monoisotopic (exact) mass is 532 g/mol. The van der Waals surface area contributed by atoms with E-state index in [9.17, 15) is 14.4 Å². The summed E-state index contributed by atoms with van der Waals surface area (Å²) >= 11 is 0. The zero-order chi connectivity index (χ0) is 27.6. The normalized spacial score (nSPS) is 13.9. The Kier molecular flexibility index (Phi) is 9.61. The average Bonchev–Trinajstić information content (AvgIpc) is 3.46. The van der Waals surface area contributed by atoms with Gasteiger partial charge in [-0.2, -0.15) is 0 Å². The number of nitrogens with zero attached hydrogens (tertiary/aromatic N) is 2. The van der Waals surface area contributed by atoms with Crippen LogP contribution in [0, 0.1) is 5.82 Å². The molecule has 0 radical (unpaired) electrons. The van der Waals surface area contributed by atoms with Crippen molar-refractivity contribution in [3.05, 3.63) is 84.3 Å². The lowest BCUT2D eigenvalue weighted by Crippen LogP contribution is -2.46. The third-order valence-corrected chi connectivity index (χ3v) is 6.75. The minimum atomic E-state index is -1.11. The predicted molar refractivity (Wildman–Crippen MR) is 147 cm³/mol. The van der Waals surface area contributed by atoms with Crippen LogP contribution in [0.1, 0.15) is 56.6 Å². The fourth-order valence-electron chi connectivity index (χ4n) is 4.78. The highest BCUT2D eigenvalue weighted by atomic mass is 19.1. The van der Waals surface area contributed by atoms with Crippen molar-refractivity contribution in [3.8, 4) is 5.75 Å². The summed E-state index contributed by atoms with van der Waals surface area (Å²) in [5.74, 6) is -0.735. The SMILES string of the molecule is COc1ccc(C(C(=O)NC2CCCC2)N(C(=O)CCCC(=O)Nc2ccccn2)c2ccccc2F)cc1. The molecule has 39 heavy (non-hydrogen) atoms. The van der Waals surface area contributed by atoms with Gasteiger partial charge in [0.2, 0.25) is 17.7 Å². The number of hydrogen-bond donors (Lipinski definition) is 2. The van der Waals surface area contributed by atoms with Crippen molar-refractivity contribution in [1.82, 2.24) is 10.3 Å². The number of para-hydroxylation sites is 1. The second-order valence-electron chi connectivity index (χ2n) is 9.50. The maximum Gasteiger partial charge on any atom is 0.248 e. The predicted octanol–water partition coefficient (Wildman–Crippen LogP) is 5.17. The highest BCUT2D eigenvalue weighted by molar-refractivity contribution is 6.01. The number of aromatic nitrogens is 1. The number of hydrogen-bond acceptors (Lipinski definition) is 5. The summed E-state index contributed by atoms with van der Waals surface area (Å²) < 4.78 is 20.4. The fourth-order valence-corrected chi connectivity index (χ4v) is 4.78. The van der Waals surface area contributed by atoms with Crippen molar-refractivity contribution in [3.63, 3.8) is 0 Å². The Labute approximate surface area is 227 Å². The first-order chi connectivity index (χ1) is 19.0. The van der Waals surface area contributed by atoms with Gasteiger partial charge in [-0.15, -0.1) is 0 Å². The van der Waals surface area contributed by atoms with Gasteiger partial charge in [0.05, 0.1) is 12.8 Å². The van der Waals surface area contributed by atoms with Gasteiger partial charge in [-0.05, 0) is 61.2 Å². The van der Waals surface area contributed by atoms with Crippen LogP contribution in [0.15, 0.2) is 72.9 Å². The van der Waals surface area contributed by atoms with Crippen LogP contribution in [0.4, 0.5) is 15.9 Å². The molecule has 4 rings (SSSR count). The van der Waals surface area contributed by atoms with Gasteiger partial charge >= 0.3 is 0 Å². The van der Waals surface area contributed by atoms with Crippen LogP contribution in [0.3, 0.4) is 0 Å². The van der Waals surface area contributed by atoms with Gasteiger partial charge in [-0.1, -0.05) is 43.2 Å². The van der Waals surface area contributed by atoms with E-state index in [2.05, 4.69) is 15.6 Å². The van der Waals surface area contributed by atoms with E-state index >= 15 is 4.39 Å². The standard InChI is InChI=1S/C30H33FN4O4/c1-39-23-18-16-21(17-19-23)29(30(38)33-22-9-2-3-10-22)35(25-12-5-4-11-24(25)31)28(37)15-8-14-27(36)34-26-13-6-7-20-32-26/h4-7,11-13,16-20,22,29H,2-3,8-10,14-15H2,1H3,(H,33,38)(H,32,34,36). The number of rotatable bonds is 11. The Bertz CT molecular complexity index is 1260. The van der Waals surface area contributed by atoms with Crippen molar-refractivity contribution in [2.24, 2.45) is 0 Å². The molecule has 1 aliphatic rings. The maximum absolute atomic E-state index is 15.1. The fraction of sp³-hybridized carbons (Fsp3) is 0.333. The molecule has 1 saturated carbocycles. The summed E-state index contributed by atoms with van der Waals surface area (Å²) in [6.45, 7) is 0. The molecule has 3 amide bonds. The molecule has 8 nitrogen and oxygen atoms in total. The molecule has 1 unspecified atom stereocenters. The summed E-state index contributed by atoms with van der Waals surface area (Å²) in [7, 11) is 1.54. The molecule has 1 fully saturated rings. The summed E-state index contributed by atoms with van der Waals surface area (Å²) in [6, 6.07) is 16.8. The van der Waals surface area contributed by atoms with Gasteiger partial charge in [-0.25, -0.2) is 9.37 Å². The molecule has 1 heterocycles. The lowest BCUT2D eigenvalue weighted by atomic mass is 10.0. The van der Waals surface area contributed by atoms with E-state index in [1.165, 1.54) is 23.1 Å². The van der Waals surface area contributed by atoms with Gasteiger partial charge in [0.15, 0.2) is 0 Å². The summed E-state index contributed by atoms with van der Waals surface area (Å²) in [5.41, 5.74) is 0.527. The molecular formula is C30H33FN4O4. The molecule has 204 valence electrons. The van der Waals surface area contributed by atoms with Crippen LogP contribution < -0.4 is 20.3 Å². The van der Waals surface area contributed by atoms with Crippen molar-refractivity contribution >= 4 is 29.2 Å². The molecule has 0 spiro atoms. The van der Waals surface area contributed by atoms with Crippen LogP contribution in [-0.2, 0) is 14.4 Å². The molecule has 3 aromatic rings. The number of pyridine rings is 1. The average molecular weight is 533 g/mol. The van der Waals surface area contributed by atoms with E-state index < -0.39 is 17.8 Å². The van der Waals surface area contributed by atoms with Crippen molar-refractivity contribution in [1.29, 1.82) is 0 Å². The van der Waals surface area contributed by atoms with Gasteiger partial charge in [0, 0.05) is 25.1 Å². The third-order valence-electron chi connectivity index (χ3n) is 6.75. The Morgan fingerprint density at radius 3 is 2.38 bits per heavy atom. The van der Waals surface area contributed by atoms with Crippen LogP contribution >= 0.6 is 0 Å². The van der Waals surface area contributed by atoms with Crippen molar-refractivity contribution in [2.45, 2.75) is 57.0 Å². The molecule has 1 aromatic heterocycles. The van der Waals surface area contributed by atoms with E-state index in [0.29, 0.717) is 17.1 Å². The van der Waals surface area contributed by atoms with Gasteiger partial charge in [0.1, 0.15) is 23.4 Å². The first kappa shape index (κ1) is 27.8. The van der Waals surface area contributed by atoms with Gasteiger partial charge in [-0.3, -0.25) is 19.3 Å². The lowest BCUT2D eigenvalue weighted by Gasteiger charge is -2.32. The number of carbonyl (C=O) groups is 3. The van der Waals surface area contributed by atoms with E-state index in [4.69, 9.17) is 4.74 Å².